The lowest BCUT2D eigenvalue weighted by molar-refractivity contribution is -0.105. The van der Waals surface area contributed by atoms with E-state index in [1.54, 1.807) is 7.11 Å². The Bertz CT molecular complexity index is 288. The molecule has 0 N–H and O–H groups in total. The molecule has 1 atom stereocenters. The molecule has 0 amide bonds. The number of benzene rings is 1. The second kappa shape index (κ2) is 5.03. The molecule has 1 aliphatic rings. The zero-order chi connectivity index (χ0) is 10.5. The lowest BCUT2D eigenvalue weighted by Gasteiger charge is -2.23. The molecule has 0 aliphatic carbocycles. The SMILES string of the molecule is COc1ccc(O[C@H]2CCCCO2)cc1. The summed E-state index contributed by atoms with van der Waals surface area (Å²) >= 11 is 0. The molecule has 82 valence electrons. The Kier molecular flexibility index (Phi) is 3.45. The Morgan fingerprint density at radius 1 is 1.13 bits per heavy atom. The topological polar surface area (TPSA) is 27.7 Å². The molecule has 2 rings (SSSR count). The lowest BCUT2D eigenvalue weighted by Crippen LogP contribution is -2.24. The molecule has 1 fully saturated rings. The molecule has 1 aromatic rings. The molecule has 3 heteroatoms. The van der Waals surface area contributed by atoms with Crippen molar-refractivity contribution in [3.63, 3.8) is 0 Å². The fourth-order valence-electron chi connectivity index (χ4n) is 1.61. The number of hydrogen-bond donors (Lipinski definition) is 0. The normalized spacial score (nSPS) is 21.0. The summed E-state index contributed by atoms with van der Waals surface area (Å²) in [4.78, 5) is 0. The molecule has 0 aromatic heterocycles. The van der Waals surface area contributed by atoms with Gasteiger partial charge in [0.05, 0.1) is 13.7 Å². The zero-order valence-corrected chi connectivity index (χ0v) is 8.94. The van der Waals surface area contributed by atoms with Gasteiger partial charge in [-0.25, -0.2) is 0 Å². The third-order valence-corrected chi connectivity index (χ3v) is 2.46. The van der Waals surface area contributed by atoms with Crippen molar-refractivity contribution in [3.05, 3.63) is 24.3 Å². The molecular weight excluding hydrogens is 192 g/mol. The van der Waals surface area contributed by atoms with Gasteiger partial charge in [0.25, 0.3) is 0 Å². The minimum Gasteiger partial charge on any atom is -0.497 e. The molecule has 0 bridgehead atoms. The molecule has 1 heterocycles. The average Bonchev–Trinajstić information content (AvgIpc) is 2.31. The first-order chi connectivity index (χ1) is 7.38. The predicted octanol–water partition coefficient (Wildman–Crippen LogP) is 2.60. The highest BCUT2D eigenvalue weighted by atomic mass is 16.7. The standard InChI is InChI=1S/C12H16O3/c1-13-10-5-7-11(8-6-10)15-12-4-2-3-9-14-12/h5-8,12H,2-4,9H2,1H3/t12-/m0/s1. The average molecular weight is 208 g/mol. The largest absolute Gasteiger partial charge is 0.497 e. The fourth-order valence-corrected chi connectivity index (χ4v) is 1.61. The predicted molar refractivity (Wildman–Crippen MR) is 57.2 cm³/mol. The maximum Gasteiger partial charge on any atom is 0.199 e. The maximum absolute atomic E-state index is 5.68. The van der Waals surface area contributed by atoms with Crippen LogP contribution in [-0.4, -0.2) is 20.0 Å². The van der Waals surface area contributed by atoms with Crippen LogP contribution in [0.5, 0.6) is 11.5 Å². The smallest absolute Gasteiger partial charge is 0.199 e. The summed E-state index contributed by atoms with van der Waals surface area (Å²) in [5.74, 6) is 1.68. The van der Waals surface area contributed by atoms with Crippen LogP contribution in [-0.2, 0) is 4.74 Å². The van der Waals surface area contributed by atoms with Crippen LogP contribution in [0.3, 0.4) is 0 Å². The second-order valence-electron chi connectivity index (χ2n) is 3.59. The highest BCUT2D eigenvalue weighted by Gasteiger charge is 2.14. The number of hydrogen-bond acceptors (Lipinski definition) is 3. The van der Waals surface area contributed by atoms with Gasteiger partial charge in [0.15, 0.2) is 6.29 Å². The van der Waals surface area contributed by atoms with Gasteiger partial charge in [0, 0.05) is 6.42 Å². The van der Waals surface area contributed by atoms with Gasteiger partial charge >= 0.3 is 0 Å². The van der Waals surface area contributed by atoms with Crippen LogP contribution in [0, 0.1) is 0 Å². The minimum absolute atomic E-state index is 0.0767. The molecule has 0 radical (unpaired) electrons. The van der Waals surface area contributed by atoms with Gasteiger partial charge in [-0.05, 0) is 37.1 Å². The Morgan fingerprint density at radius 2 is 1.87 bits per heavy atom. The van der Waals surface area contributed by atoms with Gasteiger partial charge in [-0.3, -0.25) is 0 Å². The first kappa shape index (κ1) is 10.3. The van der Waals surface area contributed by atoms with E-state index in [9.17, 15) is 0 Å². The number of ether oxygens (including phenoxy) is 3. The van der Waals surface area contributed by atoms with Crippen LogP contribution in [0.25, 0.3) is 0 Å². The van der Waals surface area contributed by atoms with Gasteiger partial charge < -0.3 is 14.2 Å². The van der Waals surface area contributed by atoms with Gasteiger partial charge in [0.2, 0.25) is 0 Å². The minimum atomic E-state index is -0.0767. The van der Waals surface area contributed by atoms with E-state index < -0.39 is 0 Å². The van der Waals surface area contributed by atoms with E-state index in [0.717, 1.165) is 30.9 Å². The second-order valence-corrected chi connectivity index (χ2v) is 3.59. The third kappa shape index (κ3) is 2.86. The van der Waals surface area contributed by atoms with E-state index in [1.165, 1.54) is 6.42 Å². The number of rotatable bonds is 3. The Balaban J connectivity index is 1.91. The van der Waals surface area contributed by atoms with Gasteiger partial charge in [-0.1, -0.05) is 0 Å². The van der Waals surface area contributed by atoms with Crippen molar-refractivity contribution < 1.29 is 14.2 Å². The molecule has 1 saturated heterocycles. The molecular formula is C12H16O3. The summed E-state index contributed by atoms with van der Waals surface area (Å²) in [6, 6.07) is 7.57. The zero-order valence-electron chi connectivity index (χ0n) is 8.94. The highest BCUT2D eigenvalue weighted by Crippen LogP contribution is 2.21. The highest BCUT2D eigenvalue weighted by molar-refractivity contribution is 5.31. The summed E-state index contributed by atoms with van der Waals surface area (Å²) in [7, 11) is 1.65. The van der Waals surface area contributed by atoms with Crippen LogP contribution in [0.15, 0.2) is 24.3 Å². The lowest BCUT2D eigenvalue weighted by atomic mass is 10.2. The van der Waals surface area contributed by atoms with E-state index in [4.69, 9.17) is 14.2 Å². The number of methoxy groups -OCH3 is 1. The van der Waals surface area contributed by atoms with E-state index >= 15 is 0 Å². The van der Waals surface area contributed by atoms with E-state index in [-0.39, 0.29) is 6.29 Å². The summed E-state index contributed by atoms with van der Waals surface area (Å²) < 4.78 is 16.2. The van der Waals surface area contributed by atoms with Crippen LogP contribution in [0.4, 0.5) is 0 Å². The first-order valence-electron chi connectivity index (χ1n) is 5.31. The Labute approximate surface area is 90.0 Å². The molecule has 1 aromatic carbocycles. The summed E-state index contributed by atoms with van der Waals surface area (Å²) in [6.45, 7) is 0.806. The fraction of sp³-hybridized carbons (Fsp3) is 0.500. The van der Waals surface area contributed by atoms with Crippen molar-refractivity contribution in [1.29, 1.82) is 0 Å². The molecule has 0 unspecified atom stereocenters. The van der Waals surface area contributed by atoms with E-state index in [0.29, 0.717) is 0 Å². The van der Waals surface area contributed by atoms with E-state index in [2.05, 4.69) is 0 Å². The Hall–Kier alpha value is -1.22. The van der Waals surface area contributed by atoms with Crippen molar-refractivity contribution >= 4 is 0 Å². The van der Waals surface area contributed by atoms with E-state index in [1.807, 2.05) is 24.3 Å². The quantitative estimate of drug-likeness (QED) is 0.764. The molecule has 3 nitrogen and oxygen atoms in total. The van der Waals surface area contributed by atoms with Crippen LogP contribution < -0.4 is 9.47 Å². The Morgan fingerprint density at radius 3 is 2.47 bits per heavy atom. The molecule has 0 saturated carbocycles. The molecule has 15 heavy (non-hydrogen) atoms. The van der Waals surface area contributed by atoms with Gasteiger partial charge in [0.1, 0.15) is 11.5 Å². The van der Waals surface area contributed by atoms with Crippen molar-refractivity contribution in [2.45, 2.75) is 25.6 Å². The first-order valence-corrected chi connectivity index (χ1v) is 5.31. The van der Waals surface area contributed by atoms with Crippen molar-refractivity contribution in [1.82, 2.24) is 0 Å². The van der Waals surface area contributed by atoms with Crippen LogP contribution >= 0.6 is 0 Å². The van der Waals surface area contributed by atoms with Crippen LogP contribution in [0.2, 0.25) is 0 Å². The van der Waals surface area contributed by atoms with Crippen molar-refractivity contribution in [2.75, 3.05) is 13.7 Å². The molecule has 0 spiro atoms. The van der Waals surface area contributed by atoms with Gasteiger partial charge in [-0.2, -0.15) is 0 Å². The summed E-state index contributed by atoms with van der Waals surface area (Å²) in [5.41, 5.74) is 0. The maximum atomic E-state index is 5.68. The summed E-state index contributed by atoms with van der Waals surface area (Å²) in [5, 5.41) is 0. The van der Waals surface area contributed by atoms with Crippen molar-refractivity contribution in [2.24, 2.45) is 0 Å². The molecule has 1 aliphatic heterocycles. The third-order valence-electron chi connectivity index (χ3n) is 2.46. The van der Waals surface area contributed by atoms with Crippen LogP contribution in [0.1, 0.15) is 19.3 Å². The van der Waals surface area contributed by atoms with Gasteiger partial charge in [-0.15, -0.1) is 0 Å². The monoisotopic (exact) mass is 208 g/mol. The van der Waals surface area contributed by atoms with Crippen molar-refractivity contribution in [3.8, 4) is 11.5 Å². The summed E-state index contributed by atoms with van der Waals surface area (Å²) in [6.07, 6.45) is 3.22.